The Labute approximate surface area is 164 Å². The molecule has 1 aliphatic rings. The first kappa shape index (κ1) is 19.4. The van der Waals surface area contributed by atoms with Crippen LogP contribution in [0, 0.1) is 0 Å². The molecule has 1 saturated heterocycles. The molecule has 3 rings (SSSR count). The van der Waals surface area contributed by atoms with Gasteiger partial charge in [0, 0.05) is 37.7 Å². The summed E-state index contributed by atoms with van der Waals surface area (Å²) in [4.78, 5) is 28.1. The summed E-state index contributed by atoms with van der Waals surface area (Å²) in [5.74, 6) is 0.551. The van der Waals surface area contributed by atoms with Crippen molar-refractivity contribution < 1.29 is 9.59 Å². The van der Waals surface area contributed by atoms with E-state index >= 15 is 0 Å². The largest absolute Gasteiger partial charge is 0.338 e. The zero-order chi connectivity index (χ0) is 19.2. The monoisotopic (exact) mass is 384 g/mol. The Bertz CT molecular complexity index is 782. The molecule has 0 radical (unpaired) electrons. The Morgan fingerprint density at radius 2 is 1.85 bits per heavy atom. The number of amides is 2. The molecule has 0 N–H and O–H groups in total. The van der Waals surface area contributed by atoms with Gasteiger partial charge in [-0.1, -0.05) is 49.0 Å². The molecule has 0 saturated carbocycles. The van der Waals surface area contributed by atoms with Gasteiger partial charge >= 0.3 is 0 Å². The van der Waals surface area contributed by atoms with E-state index in [9.17, 15) is 9.59 Å². The lowest BCUT2D eigenvalue weighted by atomic mass is 10.1. The molecule has 0 bridgehead atoms. The fourth-order valence-electron chi connectivity index (χ4n) is 3.14. The van der Waals surface area contributed by atoms with Crippen molar-refractivity contribution in [1.29, 1.82) is 0 Å². The fourth-order valence-corrected chi connectivity index (χ4v) is 3.86. The van der Waals surface area contributed by atoms with Crippen molar-refractivity contribution in [2.75, 3.05) is 25.4 Å². The summed E-state index contributed by atoms with van der Waals surface area (Å²) in [6.07, 6.45) is 0.506. The summed E-state index contributed by atoms with van der Waals surface area (Å²) in [6.45, 7) is 5.65. The summed E-state index contributed by atoms with van der Waals surface area (Å²) < 4.78 is 0. The fraction of sp³-hybridized carbons (Fsp3) is 0.400. The van der Waals surface area contributed by atoms with Gasteiger partial charge < -0.3 is 9.80 Å². The molecule has 6 nitrogen and oxygen atoms in total. The van der Waals surface area contributed by atoms with Crippen molar-refractivity contribution in [2.24, 2.45) is 0 Å². The Kier molecular flexibility index (Phi) is 6.45. The van der Waals surface area contributed by atoms with E-state index in [2.05, 4.69) is 10.2 Å². The van der Waals surface area contributed by atoms with Crippen LogP contribution in [0.25, 0.3) is 11.3 Å². The van der Waals surface area contributed by atoms with Gasteiger partial charge in [-0.15, -0.1) is 10.2 Å². The van der Waals surface area contributed by atoms with Crippen LogP contribution in [0.2, 0.25) is 0 Å². The van der Waals surface area contributed by atoms with E-state index in [1.807, 2.05) is 66.1 Å². The van der Waals surface area contributed by atoms with E-state index in [0.717, 1.165) is 16.3 Å². The number of carbonyl (C=O) groups is 2. The molecule has 0 aliphatic carbocycles. The lowest BCUT2D eigenvalue weighted by Gasteiger charge is -2.39. The predicted octanol–water partition coefficient (Wildman–Crippen LogP) is 2.71. The van der Waals surface area contributed by atoms with Crippen LogP contribution in [0.5, 0.6) is 0 Å². The van der Waals surface area contributed by atoms with Crippen molar-refractivity contribution in [3.8, 4) is 11.3 Å². The maximum atomic E-state index is 12.5. The molecule has 2 amide bonds. The van der Waals surface area contributed by atoms with E-state index in [-0.39, 0.29) is 17.9 Å². The third kappa shape index (κ3) is 4.86. The second kappa shape index (κ2) is 8.99. The maximum absolute atomic E-state index is 12.5. The van der Waals surface area contributed by atoms with Crippen molar-refractivity contribution in [2.45, 2.75) is 31.3 Å². The van der Waals surface area contributed by atoms with Crippen molar-refractivity contribution >= 4 is 23.6 Å². The minimum Gasteiger partial charge on any atom is -0.338 e. The van der Waals surface area contributed by atoms with E-state index in [1.54, 1.807) is 0 Å². The molecular formula is C20H24N4O2S. The van der Waals surface area contributed by atoms with Crippen molar-refractivity contribution in [3.05, 3.63) is 42.5 Å². The van der Waals surface area contributed by atoms with Crippen LogP contribution in [0.4, 0.5) is 0 Å². The lowest BCUT2D eigenvalue weighted by Crippen LogP contribution is -2.55. The number of hydrogen-bond donors (Lipinski definition) is 0. The highest BCUT2D eigenvalue weighted by Gasteiger charge is 2.28. The van der Waals surface area contributed by atoms with Gasteiger partial charge in [0.05, 0.1) is 11.4 Å². The van der Waals surface area contributed by atoms with E-state index < -0.39 is 0 Å². The quantitative estimate of drug-likeness (QED) is 0.742. The predicted molar refractivity (Wildman–Crippen MR) is 106 cm³/mol. The van der Waals surface area contributed by atoms with Gasteiger partial charge in [0.25, 0.3) is 0 Å². The normalized spacial score (nSPS) is 17.0. The van der Waals surface area contributed by atoms with Crippen LogP contribution in [-0.2, 0) is 9.59 Å². The highest BCUT2D eigenvalue weighted by atomic mass is 32.2. The number of rotatable bonds is 5. The standard InChI is InChI=1S/C20H24N4O2S/c1-3-19(25)24-12-11-23(13-15(24)2)20(26)14-27-18-10-9-17(21-22-18)16-7-5-4-6-8-16/h4-10,15H,3,11-14H2,1-2H3. The first-order valence-corrected chi connectivity index (χ1v) is 10.2. The Morgan fingerprint density at radius 1 is 1.07 bits per heavy atom. The first-order chi connectivity index (χ1) is 13.1. The first-order valence-electron chi connectivity index (χ1n) is 9.17. The van der Waals surface area contributed by atoms with E-state index in [0.29, 0.717) is 31.8 Å². The number of benzene rings is 1. The third-order valence-corrected chi connectivity index (χ3v) is 5.56. The number of hydrogen-bond acceptors (Lipinski definition) is 5. The molecule has 1 fully saturated rings. The zero-order valence-corrected chi connectivity index (χ0v) is 16.5. The van der Waals surface area contributed by atoms with Gasteiger partial charge in [-0.05, 0) is 19.1 Å². The van der Waals surface area contributed by atoms with Gasteiger partial charge in [0.2, 0.25) is 11.8 Å². The van der Waals surface area contributed by atoms with Gasteiger partial charge in [-0.3, -0.25) is 9.59 Å². The average molecular weight is 385 g/mol. The SMILES string of the molecule is CCC(=O)N1CCN(C(=O)CSc2ccc(-c3ccccc3)nn2)CC1C. The summed E-state index contributed by atoms with van der Waals surface area (Å²) in [7, 11) is 0. The lowest BCUT2D eigenvalue weighted by molar-refractivity contribution is -0.141. The zero-order valence-electron chi connectivity index (χ0n) is 15.7. The Morgan fingerprint density at radius 3 is 2.48 bits per heavy atom. The molecule has 142 valence electrons. The summed E-state index contributed by atoms with van der Waals surface area (Å²) in [6, 6.07) is 13.8. The van der Waals surface area contributed by atoms with Crippen LogP contribution >= 0.6 is 11.8 Å². The Balaban J connectivity index is 1.51. The molecule has 2 aromatic rings. The van der Waals surface area contributed by atoms with Crippen molar-refractivity contribution in [1.82, 2.24) is 20.0 Å². The highest BCUT2D eigenvalue weighted by Crippen LogP contribution is 2.20. The molecule has 7 heteroatoms. The molecule has 1 unspecified atom stereocenters. The number of aromatic nitrogens is 2. The number of piperazine rings is 1. The molecule has 2 heterocycles. The molecule has 1 aromatic carbocycles. The number of thioether (sulfide) groups is 1. The van der Waals surface area contributed by atoms with Crippen LogP contribution in [-0.4, -0.2) is 63.2 Å². The maximum Gasteiger partial charge on any atom is 0.233 e. The van der Waals surface area contributed by atoms with Gasteiger partial charge in [-0.25, -0.2) is 0 Å². The smallest absolute Gasteiger partial charge is 0.233 e. The van der Waals surface area contributed by atoms with Gasteiger partial charge in [-0.2, -0.15) is 0 Å². The van der Waals surface area contributed by atoms with E-state index in [1.165, 1.54) is 11.8 Å². The molecule has 1 atom stereocenters. The second-order valence-electron chi connectivity index (χ2n) is 6.54. The minimum atomic E-state index is 0.0603. The summed E-state index contributed by atoms with van der Waals surface area (Å²) in [5.41, 5.74) is 1.84. The third-order valence-electron chi connectivity index (χ3n) is 4.66. The van der Waals surface area contributed by atoms with E-state index in [4.69, 9.17) is 0 Å². The molecule has 1 aromatic heterocycles. The van der Waals surface area contributed by atoms with Crippen LogP contribution in [0.3, 0.4) is 0 Å². The highest BCUT2D eigenvalue weighted by molar-refractivity contribution is 7.99. The average Bonchev–Trinajstić information content (AvgIpc) is 2.72. The minimum absolute atomic E-state index is 0.0603. The number of carbonyl (C=O) groups excluding carboxylic acids is 2. The van der Waals surface area contributed by atoms with Crippen LogP contribution in [0.1, 0.15) is 20.3 Å². The molecule has 0 spiro atoms. The van der Waals surface area contributed by atoms with Gasteiger partial charge in [0.1, 0.15) is 5.03 Å². The molecule has 1 aliphatic heterocycles. The topological polar surface area (TPSA) is 66.4 Å². The molecule has 27 heavy (non-hydrogen) atoms. The van der Waals surface area contributed by atoms with Crippen molar-refractivity contribution in [3.63, 3.8) is 0 Å². The summed E-state index contributed by atoms with van der Waals surface area (Å²) >= 11 is 1.39. The van der Waals surface area contributed by atoms with Crippen LogP contribution in [0.15, 0.2) is 47.5 Å². The van der Waals surface area contributed by atoms with Crippen LogP contribution < -0.4 is 0 Å². The second-order valence-corrected chi connectivity index (χ2v) is 7.54. The summed E-state index contributed by atoms with van der Waals surface area (Å²) in [5, 5.41) is 9.21. The number of nitrogens with zero attached hydrogens (tertiary/aromatic N) is 4. The Hall–Kier alpha value is -2.41. The molecular weight excluding hydrogens is 360 g/mol. The van der Waals surface area contributed by atoms with Gasteiger partial charge in [0.15, 0.2) is 0 Å².